The van der Waals surface area contributed by atoms with Gasteiger partial charge in [-0.1, -0.05) is 19.4 Å². The van der Waals surface area contributed by atoms with Crippen LogP contribution in [0.2, 0.25) is 0 Å². The van der Waals surface area contributed by atoms with E-state index in [1.54, 1.807) is 18.3 Å². The molecule has 2 N–H and O–H groups in total. The first-order valence-corrected chi connectivity index (χ1v) is 6.23. The van der Waals surface area contributed by atoms with Crippen molar-refractivity contribution in [3.05, 3.63) is 34.7 Å². The third-order valence-electron chi connectivity index (χ3n) is 2.60. The molecule has 0 fully saturated rings. The van der Waals surface area contributed by atoms with E-state index in [0.29, 0.717) is 6.42 Å². The molecule has 1 rings (SSSR count). The molecule has 1 aromatic rings. The van der Waals surface area contributed by atoms with Crippen molar-refractivity contribution in [2.75, 3.05) is 6.54 Å². The molecule has 100 valence electrons. The lowest BCUT2D eigenvalue weighted by Gasteiger charge is -2.13. The van der Waals surface area contributed by atoms with E-state index in [1.807, 2.05) is 6.92 Å². The Kier molecular flexibility index (Phi) is 6.14. The van der Waals surface area contributed by atoms with Crippen LogP contribution in [0.1, 0.15) is 26.2 Å². The third kappa shape index (κ3) is 5.14. The topological polar surface area (TPSA) is 71.3 Å². The van der Waals surface area contributed by atoms with Crippen LogP contribution in [-0.2, 0) is 11.3 Å². The zero-order valence-corrected chi connectivity index (χ0v) is 10.6. The minimum Gasteiger partial charge on any atom is -0.389 e. The summed E-state index contributed by atoms with van der Waals surface area (Å²) in [5.41, 5.74) is -0.158. The third-order valence-corrected chi connectivity index (χ3v) is 2.60. The monoisotopic (exact) mass is 252 g/mol. The van der Waals surface area contributed by atoms with Crippen molar-refractivity contribution >= 4 is 5.91 Å². The van der Waals surface area contributed by atoms with Crippen LogP contribution in [0.5, 0.6) is 0 Å². The van der Waals surface area contributed by atoms with Gasteiger partial charge in [-0.15, -0.1) is 0 Å². The Morgan fingerprint density at radius 2 is 2.28 bits per heavy atom. The highest BCUT2D eigenvalue weighted by molar-refractivity contribution is 5.75. The lowest BCUT2D eigenvalue weighted by Crippen LogP contribution is -2.36. The number of hydrogen-bond acceptors (Lipinski definition) is 3. The van der Waals surface area contributed by atoms with Gasteiger partial charge in [0.1, 0.15) is 0 Å². The maximum absolute atomic E-state index is 11.4. The van der Waals surface area contributed by atoms with Crippen molar-refractivity contribution in [2.24, 2.45) is 0 Å². The molecule has 18 heavy (non-hydrogen) atoms. The van der Waals surface area contributed by atoms with Gasteiger partial charge in [-0.05, 0) is 12.5 Å². The number of nitrogens with zero attached hydrogens (tertiary/aromatic N) is 1. The standard InChI is InChI=1S/C13H20N2O3/c1-2-3-6-12(17)14-9-11(16)10-15-8-5-4-7-13(15)18/h4-5,7-8,11,16H,2-3,6,9-10H2,1H3,(H,14,17). The van der Waals surface area contributed by atoms with E-state index in [0.717, 1.165) is 12.8 Å². The fraction of sp³-hybridized carbons (Fsp3) is 0.538. The van der Waals surface area contributed by atoms with E-state index in [4.69, 9.17) is 0 Å². The number of amides is 1. The van der Waals surface area contributed by atoms with Gasteiger partial charge in [-0.3, -0.25) is 9.59 Å². The molecule has 1 heterocycles. The van der Waals surface area contributed by atoms with Gasteiger partial charge < -0.3 is 15.0 Å². The fourth-order valence-electron chi connectivity index (χ4n) is 1.56. The van der Waals surface area contributed by atoms with Crippen LogP contribution < -0.4 is 10.9 Å². The van der Waals surface area contributed by atoms with Gasteiger partial charge in [0.15, 0.2) is 0 Å². The number of aromatic nitrogens is 1. The van der Waals surface area contributed by atoms with Crippen LogP contribution in [0.3, 0.4) is 0 Å². The lowest BCUT2D eigenvalue weighted by atomic mass is 10.2. The highest BCUT2D eigenvalue weighted by Crippen LogP contribution is 1.94. The van der Waals surface area contributed by atoms with Crippen LogP contribution in [0.4, 0.5) is 0 Å². The Labute approximate surface area is 106 Å². The molecule has 1 aromatic heterocycles. The van der Waals surface area contributed by atoms with E-state index in [1.165, 1.54) is 10.6 Å². The summed E-state index contributed by atoms with van der Waals surface area (Å²) in [6.45, 7) is 2.38. The molecule has 5 heteroatoms. The summed E-state index contributed by atoms with van der Waals surface area (Å²) in [7, 11) is 0. The van der Waals surface area contributed by atoms with Gasteiger partial charge in [-0.2, -0.15) is 0 Å². The Balaban J connectivity index is 2.34. The molecule has 0 radical (unpaired) electrons. The molecule has 0 saturated carbocycles. The minimum atomic E-state index is -0.754. The smallest absolute Gasteiger partial charge is 0.250 e. The van der Waals surface area contributed by atoms with Crippen LogP contribution in [0, 0.1) is 0 Å². The van der Waals surface area contributed by atoms with Crippen LogP contribution in [0.15, 0.2) is 29.2 Å². The second-order valence-electron chi connectivity index (χ2n) is 4.25. The van der Waals surface area contributed by atoms with Gasteiger partial charge >= 0.3 is 0 Å². The SMILES string of the molecule is CCCCC(=O)NCC(O)Cn1ccccc1=O. The summed E-state index contributed by atoms with van der Waals surface area (Å²) in [4.78, 5) is 22.7. The minimum absolute atomic E-state index is 0.0590. The summed E-state index contributed by atoms with van der Waals surface area (Å²) in [6, 6.07) is 4.82. The number of nitrogens with one attached hydrogen (secondary N) is 1. The molecular formula is C13H20N2O3. The fourth-order valence-corrected chi connectivity index (χ4v) is 1.56. The molecule has 1 unspecified atom stereocenters. The first kappa shape index (κ1) is 14.4. The number of hydrogen-bond donors (Lipinski definition) is 2. The summed E-state index contributed by atoms with van der Waals surface area (Å²) in [6.07, 6.45) is 3.16. The maximum Gasteiger partial charge on any atom is 0.250 e. The highest BCUT2D eigenvalue weighted by atomic mass is 16.3. The van der Waals surface area contributed by atoms with Gasteiger partial charge in [0.2, 0.25) is 5.91 Å². The number of pyridine rings is 1. The van der Waals surface area contributed by atoms with E-state index in [2.05, 4.69) is 5.32 Å². The van der Waals surface area contributed by atoms with Crippen LogP contribution in [0.25, 0.3) is 0 Å². The average Bonchev–Trinajstić information content (AvgIpc) is 2.36. The predicted molar refractivity (Wildman–Crippen MR) is 69.2 cm³/mol. The Morgan fingerprint density at radius 3 is 2.94 bits per heavy atom. The highest BCUT2D eigenvalue weighted by Gasteiger charge is 2.08. The Hall–Kier alpha value is -1.62. The molecule has 1 atom stereocenters. The summed E-state index contributed by atoms with van der Waals surface area (Å²) in [5, 5.41) is 12.4. The summed E-state index contributed by atoms with van der Waals surface area (Å²) >= 11 is 0. The molecule has 0 spiro atoms. The van der Waals surface area contributed by atoms with Crippen molar-refractivity contribution < 1.29 is 9.90 Å². The van der Waals surface area contributed by atoms with Gasteiger partial charge in [0, 0.05) is 25.2 Å². The van der Waals surface area contributed by atoms with Crippen molar-refractivity contribution in [3.63, 3.8) is 0 Å². The van der Waals surface area contributed by atoms with Crippen molar-refractivity contribution in [2.45, 2.75) is 38.8 Å². The molecule has 0 aromatic carbocycles. The second kappa shape index (κ2) is 7.66. The second-order valence-corrected chi connectivity index (χ2v) is 4.25. The van der Waals surface area contributed by atoms with Crippen molar-refractivity contribution in [1.82, 2.24) is 9.88 Å². The number of aliphatic hydroxyl groups is 1. The van der Waals surface area contributed by atoms with E-state index >= 15 is 0 Å². The average molecular weight is 252 g/mol. The van der Waals surface area contributed by atoms with Gasteiger partial charge in [-0.25, -0.2) is 0 Å². The molecule has 0 bridgehead atoms. The lowest BCUT2D eigenvalue weighted by molar-refractivity contribution is -0.121. The largest absolute Gasteiger partial charge is 0.389 e. The predicted octanol–water partition coefficient (Wildman–Crippen LogP) is 0.516. The number of rotatable bonds is 7. The molecule has 0 saturated heterocycles. The summed E-state index contributed by atoms with van der Waals surface area (Å²) < 4.78 is 1.42. The molecule has 1 amide bonds. The Bertz CT molecular complexity index is 428. The molecular weight excluding hydrogens is 232 g/mol. The number of carbonyl (C=O) groups is 1. The number of aliphatic hydroxyl groups excluding tert-OH is 1. The first-order chi connectivity index (χ1) is 8.63. The first-order valence-electron chi connectivity index (χ1n) is 6.23. The van der Waals surface area contributed by atoms with E-state index in [9.17, 15) is 14.7 Å². The zero-order chi connectivity index (χ0) is 13.4. The van der Waals surface area contributed by atoms with Gasteiger partial charge in [0.05, 0.1) is 12.6 Å². The van der Waals surface area contributed by atoms with E-state index < -0.39 is 6.10 Å². The molecule has 0 aliphatic rings. The quantitative estimate of drug-likeness (QED) is 0.743. The zero-order valence-electron chi connectivity index (χ0n) is 10.6. The number of carbonyl (C=O) groups excluding carboxylic acids is 1. The van der Waals surface area contributed by atoms with Crippen LogP contribution in [-0.4, -0.2) is 28.2 Å². The van der Waals surface area contributed by atoms with Crippen molar-refractivity contribution in [3.8, 4) is 0 Å². The van der Waals surface area contributed by atoms with Crippen molar-refractivity contribution in [1.29, 1.82) is 0 Å². The Morgan fingerprint density at radius 1 is 1.50 bits per heavy atom. The molecule has 0 aliphatic carbocycles. The normalized spacial score (nSPS) is 12.1. The number of unbranched alkanes of at least 4 members (excludes halogenated alkanes) is 1. The van der Waals surface area contributed by atoms with Crippen LogP contribution >= 0.6 is 0 Å². The maximum atomic E-state index is 11.4. The summed E-state index contributed by atoms with van der Waals surface area (Å²) in [5.74, 6) is -0.0590. The van der Waals surface area contributed by atoms with Gasteiger partial charge in [0.25, 0.3) is 5.56 Å². The van der Waals surface area contributed by atoms with E-state index in [-0.39, 0.29) is 24.6 Å². The molecule has 5 nitrogen and oxygen atoms in total. The molecule has 0 aliphatic heterocycles.